The van der Waals surface area contributed by atoms with Crippen LogP contribution in [0.5, 0.6) is 0 Å². The van der Waals surface area contributed by atoms with Crippen LogP contribution in [0.1, 0.15) is 27.8 Å². The molecule has 0 aliphatic heterocycles. The van der Waals surface area contributed by atoms with Gasteiger partial charge in [0.2, 0.25) is 0 Å². The van der Waals surface area contributed by atoms with E-state index in [-0.39, 0.29) is 6.04 Å². The van der Waals surface area contributed by atoms with Gasteiger partial charge in [-0.3, -0.25) is 0 Å². The molecule has 0 amide bonds. The largest absolute Gasteiger partial charge is 0.323 e. The van der Waals surface area contributed by atoms with Gasteiger partial charge in [0.05, 0.1) is 0 Å². The van der Waals surface area contributed by atoms with Crippen LogP contribution in [0.4, 0.5) is 0 Å². The third-order valence-electron chi connectivity index (χ3n) is 1.97. The first-order valence-corrected chi connectivity index (χ1v) is 4.90. The lowest BCUT2D eigenvalue weighted by atomic mass is 10.1. The van der Waals surface area contributed by atoms with Gasteiger partial charge in [-0.1, -0.05) is 6.08 Å². The number of thiophene rings is 1. The fraction of sp³-hybridized carbons (Fsp3) is 0.400. The van der Waals surface area contributed by atoms with E-state index >= 15 is 0 Å². The molecule has 0 spiro atoms. The highest BCUT2D eigenvalue weighted by Crippen LogP contribution is 2.26. The first-order valence-electron chi connectivity index (χ1n) is 4.08. The number of aryl methyl sites for hydroxylation is 2. The third-order valence-corrected chi connectivity index (χ3v) is 3.26. The highest BCUT2D eigenvalue weighted by molar-refractivity contribution is 7.12. The van der Waals surface area contributed by atoms with Gasteiger partial charge in [-0.25, -0.2) is 0 Å². The van der Waals surface area contributed by atoms with Crippen LogP contribution in [0.2, 0.25) is 0 Å². The van der Waals surface area contributed by atoms with Gasteiger partial charge in [0.15, 0.2) is 0 Å². The van der Waals surface area contributed by atoms with E-state index in [4.69, 9.17) is 5.73 Å². The summed E-state index contributed by atoms with van der Waals surface area (Å²) in [6.45, 7) is 7.93. The smallest absolute Gasteiger partial charge is 0.0424 e. The van der Waals surface area contributed by atoms with Crippen LogP contribution in [-0.2, 0) is 0 Å². The molecular formula is C10H15NS. The fourth-order valence-corrected chi connectivity index (χ4v) is 2.14. The van der Waals surface area contributed by atoms with Crippen molar-refractivity contribution in [3.63, 3.8) is 0 Å². The third kappa shape index (κ3) is 1.96. The zero-order valence-corrected chi connectivity index (χ0v) is 8.45. The molecule has 0 aliphatic rings. The molecular weight excluding hydrogens is 166 g/mol. The van der Waals surface area contributed by atoms with E-state index in [9.17, 15) is 0 Å². The molecule has 2 N–H and O–H groups in total. The maximum absolute atomic E-state index is 5.93. The van der Waals surface area contributed by atoms with E-state index < -0.39 is 0 Å². The van der Waals surface area contributed by atoms with Gasteiger partial charge in [-0.05, 0) is 31.9 Å². The molecule has 1 atom stereocenters. The average Bonchev–Trinajstić information content (AvgIpc) is 2.33. The number of rotatable bonds is 3. The summed E-state index contributed by atoms with van der Waals surface area (Å²) in [5.41, 5.74) is 7.27. The number of hydrogen-bond donors (Lipinski definition) is 1. The van der Waals surface area contributed by atoms with Crippen LogP contribution < -0.4 is 5.73 Å². The van der Waals surface area contributed by atoms with Gasteiger partial charge in [0.1, 0.15) is 0 Å². The Labute approximate surface area is 77.9 Å². The van der Waals surface area contributed by atoms with Crippen molar-refractivity contribution >= 4 is 11.3 Å². The van der Waals surface area contributed by atoms with Gasteiger partial charge in [-0.2, -0.15) is 0 Å². The van der Waals surface area contributed by atoms with Crippen molar-refractivity contribution in [3.05, 3.63) is 34.0 Å². The number of hydrogen-bond acceptors (Lipinski definition) is 2. The lowest BCUT2D eigenvalue weighted by Gasteiger charge is -2.04. The van der Waals surface area contributed by atoms with Crippen LogP contribution in [0.15, 0.2) is 18.7 Å². The standard InChI is InChI=1S/C10H15NS/c1-4-5-9(11)10-6-7(2)8(3)12-10/h4,6,9H,1,5,11H2,2-3H3. The second-order valence-electron chi connectivity index (χ2n) is 3.02. The van der Waals surface area contributed by atoms with Crippen LogP contribution in [0, 0.1) is 13.8 Å². The molecule has 0 saturated heterocycles. The van der Waals surface area contributed by atoms with Crippen LogP contribution in [0.25, 0.3) is 0 Å². The van der Waals surface area contributed by atoms with Crippen molar-refractivity contribution in [1.29, 1.82) is 0 Å². The highest BCUT2D eigenvalue weighted by Gasteiger charge is 2.07. The molecule has 1 heterocycles. The second-order valence-corrected chi connectivity index (χ2v) is 4.31. The molecule has 1 nitrogen and oxygen atoms in total. The van der Waals surface area contributed by atoms with Crippen LogP contribution >= 0.6 is 11.3 Å². The molecule has 66 valence electrons. The molecule has 0 aliphatic carbocycles. The molecule has 0 radical (unpaired) electrons. The minimum Gasteiger partial charge on any atom is -0.323 e. The Morgan fingerprint density at radius 2 is 2.33 bits per heavy atom. The minimum atomic E-state index is 0.139. The molecule has 1 aromatic heterocycles. The highest BCUT2D eigenvalue weighted by atomic mass is 32.1. The predicted octanol–water partition coefficient (Wildman–Crippen LogP) is 2.94. The summed E-state index contributed by atoms with van der Waals surface area (Å²) in [4.78, 5) is 2.63. The van der Waals surface area contributed by atoms with E-state index in [1.807, 2.05) is 6.08 Å². The SMILES string of the molecule is C=CCC(N)c1cc(C)c(C)s1. The van der Waals surface area contributed by atoms with Gasteiger partial charge < -0.3 is 5.73 Å². The lowest BCUT2D eigenvalue weighted by Crippen LogP contribution is -2.06. The fourth-order valence-electron chi connectivity index (χ4n) is 1.08. The quantitative estimate of drug-likeness (QED) is 0.713. The average molecular weight is 181 g/mol. The maximum atomic E-state index is 5.93. The van der Waals surface area contributed by atoms with Crippen molar-refractivity contribution in [3.8, 4) is 0 Å². The van der Waals surface area contributed by atoms with Crippen molar-refractivity contribution in [1.82, 2.24) is 0 Å². The Morgan fingerprint density at radius 1 is 1.67 bits per heavy atom. The van der Waals surface area contributed by atoms with Gasteiger partial charge >= 0.3 is 0 Å². The second kappa shape index (κ2) is 3.87. The van der Waals surface area contributed by atoms with E-state index in [1.54, 1.807) is 11.3 Å². The lowest BCUT2D eigenvalue weighted by molar-refractivity contribution is 0.757. The van der Waals surface area contributed by atoms with Gasteiger partial charge in [0.25, 0.3) is 0 Å². The van der Waals surface area contributed by atoms with Crippen LogP contribution in [0.3, 0.4) is 0 Å². The Bertz CT molecular complexity index is 256. The zero-order chi connectivity index (χ0) is 9.14. The summed E-state index contributed by atoms with van der Waals surface area (Å²) in [5, 5.41) is 0. The van der Waals surface area contributed by atoms with Crippen molar-refractivity contribution in [2.75, 3.05) is 0 Å². The minimum absolute atomic E-state index is 0.139. The molecule has 1 rings (SSSR count). The van der Waals surface area contributed by atoms with Crippen LogP contribution in [-0.4, -0.2) is 0 Å². The maximum Gasteiger partial charge on any atom is 0.0424 e. The van der Waals surface area contributed by atoms with E-state index in [1.165, 1.54) is 15.3 Å². The predicted molar refractivity (Wildman–Crippen MR) is 55.5 cm³/mol. The summed E-state index contributed by atoms with van der Waals surface area (Å²) < 4.78 is 0. The monoisotopic (exact) mass is 181 g/mol. The van der Waals surface area contributed by atoms with Gasteiger partial charge in [-0.15, -0.1) is 17.9 Å². The molecule has 0 saturated carbocycles. The van der Waals surface area contributed by atoms with E-state index in [0.29, 0.717) is 0 Å². The summed E-state index contributed by atoms with van der Waals surface area (Å²) in [5.74, 6) is 0. The van der Waals surface area contributed by atoms with Gasteiger partial charge in [0, 0.05) is 15.8 Å². The summed E-state index contributed by atoms with van der Waals surface area (Å²) in [6, 6.07) is 2.31. The molecule has 12 heavy (non-hydrogen) atoms. The van der Waals surface area contributed by atoms with E-state index in [2.05, 4.69) is 26.5 Å². The topological polar surface area (TPSA) is 26.0 Å². The Kier molecular flexibility index (Phi) is 3.06. The zero-order valence-electron chi connectivity index (χ0n) is 7.63. The Morgan fingerprint density at radius 3 is 2.75 bits per heavy atom. The van der Waals surface area contributed by atoms with E-state index in [0.717, 1.165) is 6.42 Å². The molecule has 0 fully saturated rings. The molecule has 2 heteroatoms. The molecule has 1 aromatic rings. The molecule has 0 bridgehead atoms. The first-order chi connectivity index (χ1) is 5.65. The van der Waals surface area contributed by atoms with Crippen molar-refractivity contribution in [2.45, 2.75) is 26.3 Å². The Hall–Kier alpha value is -0.600. The molecule has 1 unspecified atom stereocenters. The Balaban J connectivity index is 2.80. The summed E-state index contributed by atoms with van der Waals surface area (Å²) in [7, 11) is 0. The first kappa shape index (κ1) is 9.49. The summed E-state index contributed by atoms with van der Waals surface area (Å²) >= 11 is 1.79. The summed E-state index contributed by atoms with van der Waals surface area (Å²) in [6.07, 6.45) is 2.73. The van der Waals surface area contributed by atoms with Crippen molar-refractivity contribution in [2.24, 2.45) is 5.73 Å². The number of nitrogens with two attached hydrogens (primary N) is 1. The van der Waals surface area contributed by atoms with Crippen molar-refractivity contribution < 1.29 is 0 Å². The molecule has 0 aromatic carbocycles. The normalized spacial score (nSPS) is 12.9.